The smallest absolute Gasteiger partial charge is 0.132 e. The normalized spacial score (nSPS) is 14.0. The molecule has 79 heavy (non-hydrogen) atoms. The van der Waals surface area contributed by atoms with E-state index in [4.69, 9.17) is 9.47 Å². The van der Waals surface area contributed by atoms with Crippen molar-refractivity contribution in [2.24, 2.45) is 0 Å². The first-order valence-corrected chi connectivity index (χ1v) is 27.3. The van der Waals surface area contributed by atoms with Crippen molar-refractivity contribution >= 4 is 38.6 Å². The quantitative estimate of drug-likeness (QED) is 0.171. The monoisotopic (exact) mass is 1010 g/mol. The van der Waals surface area contributed by atoms with Crippen molar-refractivity contribution in [2.75, 3.05) is 4.90 Å². The second-order valence-electron chi connectivity index (χ2n) is 21.5. The summed E-state index contributed by atoms with van der Waals surface area (Å²) in [7, 11) is 0. The van der Waals surface area contributed by atoms with Gasteiger partial charge in [0.2, 0.25) is 0 Å². The van der Waals surface area contributed by atoms with Gasteiger partial charge in [-0.15, -0.1) is 0 Å². The molecule has 2 heterocycles. The van der Waals surface area contributed by atoms with Crippen LogP contribution in [-0.2, 0) is 10.8 Å². The molecule has 0 saturated heterocycles. The predicted octanol–water partition coefficient (Wildman–Crippen LogP) is 19.7. The maximum atomic E-state index is 6.80. The van der Waals surface area contributed by atoms with E-state index in [1.807, 2.05) is 0 Å². The van der Waals surface area contributed by atoms with Gasteiger partial charge in [-0.3, -0.25) is 0 Å². The van der Waals surface area contributed by atoms with E-state index in [1.165, 1.54) is 77.4 Å². The molecular formula is C76H47NO2. The van der Waals surface area contributed by atoms with Crippen LogP contribution < -0.4 is 14.4 Å². The first kappa shape index (κ1) is 44.0. The van der Waals surface area contributed by atoms with Crippen LogP contribution in [0.2, 0.25) is 0 Å². The van der Waals surface area contributed by atoms with Gasteiger partial charge in [-0.05, 0) is 173 Å². The summed E-state index contributed by atoms with van der Waals surface area (Å²) in [5, 5.41) is 4.79. The molecule has 2 aliphatic carbocycles. The first-order chi connectivity index (χ1) is 39.1. The van der Waals surface area contributed by atoms with Gasteiger partial charge in [-0.25, -0.2) is 0 Å². The van der Waals surface area contributed by atoms with E-state index < -0.39 is 10.8 Å². The average molecular weight is 1010 g/mol. The molecule has 0 bridgehead atoms. The standard InChI is InChI=1S/C76H47NO2/c1-2-16-48(17-3-1)49-30-32-50(33-31-49)51-34-37-56(38-35-51)77(58-40-41-60-59-20-6-7-21-63(59)75(70(60)47-58)64-22-8-12-26-71(64)78-72-27-13-9-23-65(72)75)57-39-36-54-44-62-61-43-52-18-4-5-19-53(52)45-68(61)76(69(62)46-55(54)42-57)66-24-10-14-28-73(66)79-74-29-15-11-25-67(74)76/h1-47H. The minimum absolute atomic E-state index is 0.622. The Morgan fingerprint density at radius 1 is 0.215 bits per heavy atom. The van der Waals surface area contributed by atoms with Gasteiger partial charge in [0.15, 0.2) is 0 Å². The van der Waals surface area contributed by atoms with Gasteiger partial charge < -0.3 is 14.4 Å². The molecule has 17 rings (SSSR count). The third-order valence-corrected chi connectivity index (χ3v) is 17.5. The molecule has 0 unspecified atom stereocenters. The fourth-order valence-electron chi connectivity index (χ4n) is 14.2. The summed E-state index contributed by atoms with van der Waals surface area (Å²) in [6, 6.07) is 105. The Morgan fingerprint density at radius 2 is 0.582 bits per heavy atom. The number of ether oxygens (including phenoxy) is 2. The summed E-state index contributed by atoms with van der Waals surface area (Å²) in [5.74, 6) is 3.52. The molecule has 13 aromatic rings. The Kier molecular flexibility index (Phi) is 9.26. The third kappa shape index (κ3) is 6.18. The molecule has 4 aliphatic rings. The molecule has 2 spiro atoms. The Hall–Kier alpha value is -10.2. The van der Waals surface area contributed by atoms with Crippen LogP contribution in [0.25, 0.3) is 66.1 Å². The van der Waals surface area contributed by atoms with Crippen LogP contribution in [0.3, 0.4) is 0 Å². The second-order valence-corrected chi connectivity index (χ2v) is 21.5. The molecule has 0 amide bonds. The Labute approximate surface area is 458 Å². The molecule has 13 aromatic carbocycles. The van der Waals surface area contributed by atoms with Crippen LogP contribution in [0.4, 0.5) is 17.1 Å². The van der Waals surface area contributed by atoms with E-state index in [0.29, 0.717) is 0 Å². The summed E-state index contributed by atoms with van der Waals surface area (Å²) < 4.78 is 13.6. The fourth-order valence-corrected chi connectivity index (χ4v) is 14.2. The lowest BCUT2D eigenvalue weighted by Crippen LogP contribution is -2.32. The number of hydrogen-bond donors (Lipinski definition) is 0. The largest absolute Gasteiger partial charge is 0.457 e. The molecule has 0 N–H and O–H groups in total. The van der Waals surface area contributed by atoms with Crippen LogP contribution >= 0.6 is 0 Å². The first-order valence-electron chi connectivity index (χ1n) is 27.3. The van der Waals surface area contributed by atoms with Gasteiger partial charge in [0.1, 0.15) is 23.0 Å². The van der Waals surface area contributed by atoms with E-state index in [-0.39, 0.29) is 0 Å². The van der Waals surface area contributed by atoms with E-state index in [2.05, 4.69) is 290 Å². The fraction of sp³-hybridized carbons (Fsp3) is 0.0263. The third-order valence-electron chi connectivity index (χ3n) is 17.5. The molecule has 0 fully saturated rings. The highest BCUT2D eigenvalue weighted by molar-refractivity contribution is 6.02. The van der Waals surface area contributed by atoms with Crippen LogP contribution in [0, 0.1) is 0 Å². The molecule has 3 heteroatoms. The Morgan fingerprint density at radius 3 is 1.15 bits per heavy atom. The number of fused-ring (bicyclic) bond motifs is 20. The molecular weight excluding hydrogens is 959 g/mol. The van der Waals surface area contributed by atoms with Crippen LogP contribution in [-0.4, -0.2) is 0 Å². The van der Waals surface area contributed by atoms with Gasteiger partial charge >= 0.3 is 0 Å². The number of anilines is 3. The van der Waals surface area contributed by atoms with Crippen LogP contribution in [0.15, 0.2) is 285 Å². The highest BCUT2D eigenvalue weighted by Gasteiger charge is 2.53. The van der Waals surface area contributed by atoms with Crippen molar-refractivity contribution in [3.8, 4) is 67.5 Å². The maximum absolute atomic E-state index is 6.80. The highest BCUT2D eigenvalue weighted by Crippen LogP contribution is 2.65. The SMILES string of the molecule is c1ccc(-c2ccc(-c3ccc(N(c4ccc5c(c4)C4(c6ccccc6Oc6ccccc64)c4ccccc4-5)c4ccc5cc6c(cc5c4)C4(c5ccccc5Oc5ccccc54)c4cc5ccccc5cc4-6)cc3)cc2)cc1. The van der Waals surface area contributed by atoms with Crippen molar-refractivity contribution in [1.82, 2.24) is 0 Å². The maximum Gasteiger partial charge on any atom is 0.132 e. The van der Waals surface area contributed by atoms with Crippen LogP contribution in [0.5, 0.6) is 23.0 Å². The summed E-state index contributed by atoms with van der Waals surface area (Å²) in [6.07, 6.45) is 0. The number of rotatable bonds is 5. The summed E-state index contributed by atoms with van der Waals surface area (Å²) in [4.78, 5) is 2.46. The number of hydrogen-bond acceptors (Lipinski definition) is 3. The van der Waals surface area contributed by atoms with E-state index in [9.17, 15) is 0 Å². The van der Waals surface area contributed by atoms with Gasteiger partial charge in [0, 0.05) is 39.3 Å². The molecule has 0 atom stereocenters. The van der Waals surface area contributed by atoms with Gasteiger partial charge in [-0.2, -0.15) is 0 Å². The summed E-state index contributed by atoms with van der Waals surface area (Å²) in [5.41, 5.74) is 21.3. The van der Waals surface area contributed by atoms with E-state index >= 15 is 0 Å². The number of nitrogens with zero attached hydrogens (tertiary/aromatic N) is 1. The Bertz CT molecular complexity index is 4580. The highest BCUT2D eigenvalue weighted by atomic mass is 16.5. The van der Waals surface area contributed by atoms with E-state index in [0.717, 1.165) is 73.3 Å². The lowest BCUT2D eigenvalue weighted by Gasteiger charge is -2.39. The Balaban J connectivity index is 0.888. The number of benzene rings is 13. The van der Waals surface area contributed by atoms with Crippen molar-refractivity contribution in [3.63, 3.8) is 0 Å². The second kappa shape index (κ2) is 16.6. The minimum Gasteiger partial charge on any atom is -0.457 e. The molecule has 0 saturated carbocycles. The summed E-state index contributed by atoms with van der Waals surface area (Å²) >= 11 is 0. The van der Waals surface area contributed by atoms with Crippen molar-refractivity contribution in [2.45, 2.75) is 10.8 Å². The average Bonchev–Trinajstić information content (AvgIpc) is 3.83. The van der Waals surface area contributed by atoms with Crippen molar-refractivity contribution in [3.05, 3.63) is 330 Å². The van der Waals surface area contributed by atoms with Crippen molar-refractivity contribution < 1.29 is 9.47 Å². The van der Waals surface area contributed by atoms with Crippen LogP contribution in [0.1, 0.15) is 44.5 Å². The van der Waals surface area contributed by atoms with Gasteiger partial charge in [-0.1, -0.05) is 200 Å². The lowest BCUT2D eigenvalue weighted by atomic mass is 9.66. The molecule has 368 valence electrons. The zero-order valence-corrected chi connectivity index (χ0v) is 42.9. The predicted molar refractivity (Wildman–Crippen MR) is 322 cm³/mol. The molecule has 0 radical (unpaired) electrons. The lowest BCUT2D eigenvalue weighted by molar-refractivity contribution is 0.436. The molecule has 0 aromatic heterocycles. The zero-order valence-electron chi connectivity index (χ0n) is 42.9. The van der Waals surface area contributed by atoms with E-state index in [1.54, 1.807) is 0 Å². The van der Waals surface area contributed by atoms with Gasteiger partial charge in [0.05, 0.1) is 10.8 Å². The van der Waals surface area contributed by atoms with Crippen molar-refractivity contribution in [1.29, 1.82) is 0 Å². The minimum atomic E-state index is -0.626. The van der Waals surface area contributed by atoms with Gasteiger partial charge in [0.25, 0.3) is 0 Å². The zero-order chi connectivity index (χ0) is 51.8. The summed E-state index contributed by atoms with van der Waals surface area (Å²) in [6.45, 7) is 0. The molecule has 2 aliphatic heterocycles. The molecule has 3 nitrogen and oxygen atoms in total. The number of para-hydroxylation sites is 4. The topological polar surface area (TPSA) is 21.7 Å².